The van der Waals surface area contributed by atoms with Crippen LogP contribution in [0.4, 0.5) is 13.2 Å². The number of carbonyl (C=O) groups excluding carboxylic acids is 1. The van der Waals surface area contributed by atoms with Crippen LogP contribution in [-0.4, -0.2) is 55.9 Å². The van der Waals surface area contributed by atoms with Gasteiger partial charge in [0.1, 0.15) is 0 Å². The van der Waals surface area contributed by atoms with Crippen LogP contribution in [0.2, 0.25) is 0 Å². The summed E-state index contributed by atoms with van der Waals surface area (Å²) in [6.45, 7) is 1.04. The topological polar surface area (TPSA) is 67.6 Å². The monoisotopic (exact) mass is 385 g/mol. The van der Waals surface area contributed by atoms with E-state index in [0.29, 0.717) is 26.2 Å². The Balaban J connectivity index is 1.64. The molecule has 2 unspecified atom stereocenters. The number of alkyl halides is 3. The zero-order valence-corrected chi connectivity index (χ0v) is 15.1. The summed E-state index contributed by atoms with van der Waals surface area (Å²) in [5.74, 6) is -1.74. The Morgan fingerprint density at radius 2 is 2.04 bits per heavy atom. The maximum atomic E-state index is 13.0. The SMILES string of the molecule is N[C@@H]1COC[C@H]1C(NCC(=O)N1CCCC(C(F)(F)F)C1)c1ccccc1. The molecule has 5 nitrogen and oxygen atoms in total. The molecule has 3 rings (SSSR count). The molecule has 1 amide bonds. The summed E-state index contributed by atoms with van der Waals surface area (Å²) >= 11 is 0. The van der Waals surface area contributed by atoms with Gasteiger partial charge in [-0.3, -0.25) is 4.79 Å². The Morgan fingerprint density at radius 3 is 2.67 bits per heavy atom. The quantitative estimate of drug-likeness (QED) is 0.815. The number of amides is 1. The fourth-order valence-corrected chi connectivity index (χ4v) is 3.89. The van der Waals surface area contributed by atoms with Gasteiger partial charge in [0, 0.05) is 31.1 Å². The molecular weight excluding hydrogens is 359 g/mol. The molecule has 0 saturated carbocycles. The number of halogens is 3. The molecule has 2 aliphatic heterocycles. The molecule has 1 aromatic rings. The molecule has 2 saturated heterocycles. The van der Waals surface area contributed by atoms with Crippen LogP contribution in [0.5, 0.6) is 0 Å². The van der Waals surface area contributed by atoms with E-state index in [4.69, 9.17) is 10.5 Å². The summed E-state index contributed by atoms with van der Waals surface area (Å²) < 4.78 is 44.4. The maximum absolute atomic E-state index is 13.0. The summed E-state index contributed by atoms with van der Waals surface area (Å²) in [5, 5.41) is 3.23. The minimum absolute atomic E-state index is 0.00415. The lowest BCUT2D eigenvalue weighted by Crippen LogP contribution is -2.48. The average molecular weight is 385 g/mol. The van der Waals surface area contributed by atoms with Gasteiger partial charge in [0.15, 0.2) is 0 Å². The molecule has 0 spiro atoms. The predicted octanol–water partition coefficient (Wildman–Crippen LogP) is 2.09. The normalized spacial score (nSPS) is 27.6. The third-order valence-electron chi connectivity index (χ3n) is 5.47. The lowest BCUT2D eigenvalue weighted by atomic mass is 9.89. The van der Waals surface area contributed by atoms with Gasteiger partial charge in [-0.2, -0.15) is 13.2 Å². The maximum Gasteiger partial charge on any atom is 0.393 e. The van der Waals surface area contributed by atoms with Crippen LogP contribution in [0.3, 0.4) is 0 Å². The number of nitrogens with one attached hydrogen (secondary N) is 1. The minimum Gasteiger partial charge on any atom is -0.379 e. The lowest BCUT2D eigenvalue weighted by molar-refractivity contribution is -0.187. The van der Waals surface area contributed by atoms with Crippen molar-refractivity contribution < 1.29 is 22.7 Å². The molecule has 4 atom stereocenters. The second-order valence-electron chi connectivity index (χ2n) is 7.35. The summed E-state index contributed by atoms with van der Waals surface area (Å²) in [4.78, 5) is 13.9. The van der Waals surface area contributed by atoms with Gasteiger partial charge >= 0.3 is 6.18 Å². The molecular formula is C19H26F3N3O2. The highest BCUT2D eigenvalue weighted by Gasteiger charge is 2.42. The van der Waals surface area contributed by atoms with E-state index >= 15 is 0 Å². The van der Waals surface area contributed by atoms with Crippen molar-refractivity contribution in [1.82, 2.24) is 10.2 Å². The largest absolute Gasteiger partial charge is 0.393 e. The summed E-state index contributed by atoms with van der Waals surface area (Å²) in [6, 6.07) is 9.29. The van der Waals surface area contributed by atoms with Crippen molar-refractivity contribution in [3.05, 3.63) is 35.9 Å². The van der Waals surface area contributed by atoms with Crippen LogP contribution in [0.15, 0.2) is 30.3 Å². The van der Waals surface area contributed by atoms with Gasteiger partial charge in [-0.25, -0.2) is 0 Å². The van der Waals surface area contributed by atoms with E-state index in [1.54, 1.807) is 0 Å². The Morgan fingerprint density at radius 1 is 1.30 bits per heavy atom. The van der Waals surface area contributed by atoms with Gasteiger partial charge in [0.05, 0.1) is 25.7 Å². The molecule has 150 valence electrons. The first kappa shape index (κ1) is 20.1. The molecule has 0 radical (unpaired) electrons. The van der Waals surface area contributed by atoms with Crippen LogP contribution in [0.1, 0.15) is 24.4 Å². The van der Waals surface area contributed by atoms with Gasteiger partial charge in [-0.05, 0) is 18.4 Å². The molecule has 2 fully saturated rings. The van der Waals surface area contributed by atoms with Gasteiger partial charge in [0.25, 0.3) is 0 Å². The van der Waals surface area contributed by atoms with Crippen molar-refractivity contribution in [1.29, 1.82) is 0 Å². The number of hydrogen-bond donors (Lipinski definition) is 2. The van der Waals surface area contributed by atoms with Crippen molar-refractivity contribution in [2.75, 3.05) is 32.8 Å². The van der Waals surface area contributed by atoms with E-state index in [1.165, 1.54) is 4.90 Å². The number of ether oxygens (including phenoxy) is 1. The number of nitrogens with two attached hydrogens (primary N) is 1. The molecule has 0 aliphatic carbocycles. The summed E-state index contributed by atoms with van der Waals surface area (Å²) in [7, 11) is 0. The van der Waals surface area contributed by atoms with Gasteiger partial charge in [0.2, 0.25) is 5.91 Å². The fourth-order valence-electron chi connectivity index (χ4n) is 3.89. The second-order valence-corrected chi connectivity index (χ2v) is 7.35. The first-order valence-corrected chi connectivity index (χ1v) is 9.32. The molecule has 2 heterocycles. The van der Waals surface area contributed by atoms with Gasteiger partial charge in [-0.15, -0.1) is 0 Å². The fraction of sp³-hybridized carbons (Fsp3) is 0.632. The van der Waals surface area contributed by atoms with Crippen LogP contribution in [0, 0.1) is 11.8 Å². The number of likely N-dealkylation sites (tertiary alicyclic amines) is 1. The first-order chi connectivity index (χ1) is 12.9. The standard InChI is InChI=1S/C19H26F3N3O2/c20-19(21,22)14-7-4-8-25(10-14)17(26)9-24-18(13-5-2-1-3-6-13)15-11-27-12-16(15)23/h1-3,5-6,14-16,18,24H,4,7-12,23H2/t14?,15-,16-,18?/m1/s1. The van der Waals surface area contributed by atoms with Crippen molar-refractivity contribution in [3.8, 4) is 0 Å². The molecule has 8 heteroatoms. The van der Waals surface area contributed by atoms with Crippen LogP contribution < -0.4 is 11.1 Å². The number of nitrogens with zero attached hydrogens (tertiary/aromatic N) is 1. The van der Waals surface area contributed by atoms with E-state index in [0.717, 1.165) is 5.56 Å². The Kier molecular flexibility index (Phi) is 6.39. The zero-order valence-electron chi connectivity index (χ0n) is 15.1. The van der Waals surface area contributed by atoms with Crippen LogP contribution >= 0.6 is 0 Å². The van der Waals surface area contributed by atoms with E-state index < -0.39 is 12.1 Å². The van der Waals surface area contributed by atoms with Gasteiger partial charge < -0.3 is 20.7 Å². The Labute approximate surface area is 157 Å². The Bertz CT molecular complexity index is 626. The van der Waals surface area contributed by atoms with E-state index in [1.807, 2.05) is 30.3 Å². The highest BCUT2D eigenvalue weighted by Crippen LogP contribution is 2.33. The molecule has 0 aromatic heterocycles. The number of piperidine rings is 1. The van der Waals surface area contributed by atoms with Crippen molar-refractivity contribution in [2.45, 2.75) is 31.1 Å². The minimum atomic E-state index is -4.26. The highest BCUT2D eigenvalue weighted by atomic mass is 19.4. The molecule has 2 aliphatic rings. The zero-order chi connectivity index (χ0) is 19.4. The van der Waals surface area contributed by atoms with E-state index in [-0.39, 0.29) is 43.4 Å². The number of rotatable bonds is 5. The van der Waals surface area contributed by atoms with Gasteiger partial charge in [-0.1, -0.05) is 30.3 Å². The Hall–Kier alpha value is -1.64. The molecule has 3 N–H and O–H groups in total. The van der Waals surface area contributed by atoms with Crippen molar-refractivity contribution >= 4 is 5.91 Å². The van der Waals surface area contributed by atoms with Crippen LogP contribution in [0.25, 0.3) is 0 Å². The molecule has 1 aromatic carbocycles. The lowest BCUT2D eigenvalue weighted by Gasteiger charge is -2.34. The van der Waals surface area contributed by atoms with E-state index in [2.05, 4.69) is 5.32 Å². The van der Waals surface area contributed by atoms with Crippen LogP contribution in [-0.2, 0) is 9.53 Å². The van der Waals surface area contributed by atoms with E-state index in [9.17, 15) is 18.0 Å². The smallest absolute Gasteiger partial charge is 0.379 e. The third-order valence-corrected chi connectivity index (χ3v) is 5.47. The summed E-state index contributed by atoms with van der Waals surface area (Å²) in [5.41, 5.74) is 7.14. The summed E-state index contributed by atoms with van der Waals surface area (Å²) in [6.07, 6.45) is -3.80. The number of hydrogen-bond acceptors (Lipinski definition) is 4. The predicted molar refractivity (Wildman–Crippen MR) is 94.8 cm³/mol. The third kappa shape index (κ3) is 5.00. The first-order valence-electron chi connectivity index (χ1n) is 9.32. The molecule has 27 heavy (non-hydrogen) atoms. The van der Waals surface area contributed by atoms with Crippen molar-refractivity contribution in [3.63, 3.8) is 0 Å². The number of carbonyl (C=O) groups is 1. The van der Waals surface area contributed by atoms with Crippen molar-refractivity contribution in [2.24, 2.45) is 17.6 Å². The molecule has 0 bridgehead atoms. The number of benzene rings is 1. The average Bonchev–Trinajstić information content (AvgIpc) is 3.08. The second kappa shape index (κ2) is 8.58. The highest BCUT2D eigenvalue weighted by molar-refractivity contribution is 5.78.